The molecule has 2 aromatic carbocycles. The highest BCUT2D eigenvalue weighted by molar-refractivity contribution is 7.91. The lowest BCUT2D eigenvalue weighted by Gasteiger charge is -2.29. The molecule has 1 N–H and O–H groups in total. The fraction of sp³-hybridized carbons (Fsp3) is 0.250. The normalized spacial score (nSPS) is 21.9. The van der Waals surface area contributed by atoms with Gasteiger partial charge in [0, 0.05) is 43.2 Å². The Morgan fingerprint density at radius 2 is 1.93 bits per heavy atom. The smallest absolute Gasteiger partial charge is 0.208 e. The summed E-state index contributed by atoms with van der Waals surface area (Å²) in [5.74, 6) is 0.0947. The van der Waals surface area contributed by atoms with Gasteiger partial charge in [-0.25, -0.2) is 12.8 Å². The van der Waals surface area contributed by atoms with Gasteiger partial charge in [-0.2, -0.15) is 0 Å². The molecule has 5 nitrogen and oxygen atoms in total. The van der Waals surface area contributed by atoms with Crippen molar-refractivity contribution in [3.8, 4) is 0 Å². The van der Waals surface area contributed by atoms with Gasteiger partial charge < -0.3 is 10.2 Å². The van der Waals surface area contributed by atoms with E-state index in [9.17, 15) is 12.8 Å². The number of para-hydroxylation sites is 1. The maximum absolute atomic E-state index is 13.5. The van der Waals surface area contributed by atoms with E-state index >= 15 is 0 Å². The zero-order chi connectivity index (χ0) is 18.6. The summed E-state index contributed by atoms with van der Waals surface area (Å²) in [7, 11) is -3.82. The standard InChI is InChI=1S/C20H18FN3O2S/c21-15-4-2-5-16(8-15)27(25,26)17-7-13-3-1-6-19(20(13)23-10-17)24-11-14-9-22-18(14)12-24/h1-8,10,14,18,22H,9,11-12H2/t14-,18-/m1/s1. The van der Waals surface area contributed by atoms with Crippen LogP contribution in [0.3, 0.4) is 0 Å². The summed E-state index contributed by atoms with van der Waals surface area (Å²) in [6, 6.07) is 13.0. The minimum atomic E-state index is -3.82. The first-order valence-corrected chi connectivity index (χ1v) is 10.4. The Balaban J connectivity index is 1.56. The van der Waals surface area contributed by atoms with E-state index in [1.165, 1.54) is 24.4 Å². The van der Waals surface area contributed by atoms with Crippen molar-refractivity contribution in [1.82, 2.24) is 10.3 Å². The maximum atomic E-state index is 13.5. The minimum Gasteiger partial charge on any atom is -0.368 e. The summed E-state index contributed by atoms with van der Waals surface area (Å²) in [4.78, 5) is 6.79. The van der Waals surface area contributed by atoms with Gasteiger partial charge >= 0.3 is 0 Å². The van der Waals surface area contributed by atoms with Crippen LogP contribution in [-0.4, -0.2) is 39.1 Å². The Bertz CT molecular complexity index is 1140. The number of sulfone groups is 1. The van der Waals surface area contributed by atoms with Gasteiger partial charge in [0.2, 0.25) is 9.84 Å². The summed E-state index contributed by atoms with van der Waals surface area (Å²) in [5, 5.41) is 4.20. The molecular weight excluding hydrogens is 365 g/mol. The lowest BCUT2D eigenvalue weighted by Crippen LogP contribution is -2.51. The lowest BCUT2D eigenvalue weighted by molar-refractivity contribution is 0.297. The first-order valence-electron chi connectivity index (χ1n) is 8.90. The third-order valence-corrected chi connectivity index (χ3v) is 7.22. The number of pyridine rings is 1. The topological polar surface area (TPSA) is 62.3 Å². The zero-order valence-electron chi connectivity index (χ0n) is 14.5. The average Bonchev–Trinajstić information content (AvgIpc) is 2.95. The number of fused-ring (bicyclic) bond motifs is 2. The van der Waals surface area contributed by atoms with E-state index < -0.39 is 15.7 Å². The van der Waals surface area contributed by atoms with Crippen LogP contribution in [0, 0.1) is 11.7 Å². The van der Waals surface area contributed by atoms with Crippen molar-refractivity contribution in [3.63, 3.8) is 0 Å². The molecule has 2 fully saturated rings. The second kappa shape index (κ2) is 6.00. The van der Waals surface area contributed by atoms with E-state index in [0.29, 0.717) is 12.0 Å². The van der Waals surface area contributed by atoms with Crippen molar-refractivity contribution in [2.45, 2.75) is 15.8 Å². The van der Waals surface area contributed by atoms with E-state index in [2.05, 4.69) is 15.2 Å². The summed E-state index contributed by atoms with van der Waals surface area (Å²) in [6.07, 6.45) is 1.37. The first kappa shape index (κ1) is 16.6. The Labute approximate surface area is 156 Å². The van der Waals surface area contributed by atoms with Gasteiger partial charge in [-0.3, -0.25) is 4.98 Å². The van der Waals surface area contributed by atoms with Gasteiger partial charge in [0.1, 0.15) is 5.82 Å². The van der Waals surface area contributed by atoms with Gasteiger partial charge in [0.15, 0.2) is 0 Å². The van der Waals surface area contributed by atoms with E-state index in [1.54, 1.807) is 6.07 Å². The van der Waals surface area contributed by atoms with E-state index in [1.807, 2.05) is 18.2 Å². The molecule has 0 saturated carbocycles. The fourth-order valence-electron chi connectivity index (χ4n) is 3.95. The van der Waals surface area contributed by atoms with Crippen molar-refractivity contribution >= 4 is 26.4 Å². The highest BCUT2D eigenvalue weighted by Gasteiger charge is 2.39. The summed E-state index contributed by atoms with van der Waals surface area (Å²) < 4.78 is 39.1. The number of benzene rings is 2. The number of hydrogen-bond donors (Lipinski definition) is 1. The Kier molecular flexibility index (Phi) is 3.70. The van der Waals surface area contributed by atoms with Crippen molar-refractivity contribution in [2.24, 2.45) is 5.92 Å². The molecule has 3 aromatic rings. The predicted molar refractivity (Wildman–Crippen MR) is 101 cm³/mol. The second-order valence-corrected chi connectivity index (χ2v) is 9.11. The lowest BCUT2D eigenvalue weighted by atomic mass is 9.96. The Morgan fingerprint density at radius 3 is 2.63 bits per heavy atom. The Hall–Kier alpha value is -2.51. The fourth-order valence-corrected chi connectivity index (χ4v) is 5.22. The average molecular weight is 383 g/mol. The van der Waals surface area contributed by atoms with Crippen molar-refractivity contribution in [1.29, 1.82) is 0 Å². The summed E-state index contributed by atoms with van der Waals surface area (Å²) in [5.41, 5.74) is 1.82. The van der Waals surface area contributed by atoms with Crippen LogP contribution in [0.1, 0.15) is 0 Å². The van der Waals surface area contributed by atoms with Gasteiger partial charge in [0.05, 0.1) is 21.0 Å². The van der Waals surface area contributed by atoms with Crippen LogP contribution in [-0.2, 0) is 9.84 Å². The molecule has 2 aliphatic heterocycles. The number of rotatable bonds is 3. The van der Waals surface area contributed by atoms with Crippen LogP contribution < -0.4 is 10.2 Å². The van der Waals surface area contributed by atoms with E-state index in [0.717, 1.165) is 42.3 Å². The number of anilines is 1. The first-order chi connectivity index (χ1) is 13.0. The van der Waals surface area contributed by atoms with E-state index in [-0.39, 0.29) is 9.79 Å². The molecule has 27 heavy (non-hydrogen) atoms. The maximum Gasteiger partial charge on any atom is 0.208 e. The van der Waals surface area contributed by atoms with Crippen LogP contribution in [0.15, 0.2) is 64.5 Å². The number of hydrogen-bond acceptors (Lipinski definition) is 5. The third-order valence-electron chi connectivity index (χ3n) is 5.51. The van der Waals surface area contributed by atoms with Crippen molar-refractivity contribution in [2.75, 3.05) is 24.5 Å². The van der Waals surface area contributed by atoms with Crippen LogP contribution >= 0.6 is 0 Å². The monoisotopic (exact) mass is 383 g/mol. The van der Waals surface area contributed by atoms with Gasteiger partial charge in [-0.15, -0.1) is 0 Å². The molecule has 3 heterocycles. The van der Waals surface area contributed by atoms with Gasteiger partial charge in [-0.05, 0) is 30.3 Å². The largest absolute Gasteiger partial charge is 0.368 e. The predicted octanol–water partition coefficient (Wildman–Crippen LogP) is 2.61. The summed E-state index contributed by atoms with van der Waals surface area (Å²) >= 11 is 0. The molecule has 0 unspecified atom stereocenters. The van der Waals surface area contributed by atoms with Gasteiger partial charge in [0.25, 0.3) is 0 Å². The van der Waals surface area contributed by atoms with Crippen LogP contribution in [0.2, 0.25) is 0 Å². The van der Waals surface area contributed by atoms with Crippen LogP contribution in [0.25, 0.3) is 10.9 Å². The van der Waals surface area contributed by atoms with Crippen molar-refractivity contribution < 1.29 is 12.8 Å². The van der Waals surface area contributed by atoms with Crippen LogP contribution in [0.4, 0.5) is 10.1 Å². The molecule has 5 rings (SSSR count). The minimum absolute atomic E-state index is 0.0676. The van der Waals surface area contributed by atoms with Crippen LogP contribution in [0.5, 0.6) is 0 Å². The molecule has 0 amide bonds. The number of halogens is 1. The number of nitrogens with one attached hydrogen (secondary N) is 1. The third kappa shape index (κ3) is 2.69. The molecule has 0 spiro atoms. The van der Waals surface area contributed by atoms with Gasteiger partial charge in [-0.1, -0.05) is 18.2 Å². The molecule has 0 aliphatic carbocycles. The summed E-state index contributed by atoms with van der Waals surface area (Å²) in [6.45, 7) is 2.98. The molecule has 7 heteroatoms. The zero-order valence-corrected chi connectivity index (χ0v) is 15.3. The molecule has 2 aliphatic rings. The molecule has 1 aromatic heterocycles. The SMILES string of the molecule is O=S(=O)(c1cccc(F)c1)c1cnc2c(N3C[C@H]4CN[C@@H]4C3)cccc2c1. The number of aromatic nitrogens is 1. The number of nitrogens with zero attached hydrogens (tertiary/aromatic N) is 2. The Morgan fingerprint density at radius 1 is 1.07 bits per heavy atom. The second-order valence-electron chi connectivity index (χ2n) is 7.16. The molecule has 0 radical (unpaired) electrons. The highest BCUT2D eigenvalue weighted by atomic mass is 32.2. The molecule has 0 bridgehead atoms. The van der Waals surface area contributed by atoms with E-state index in [4.69, 9.17) is 0 Å². The molecule has 2 atom stereocenters. The quantitative estimate of drug-likeness (QED) is 0.753. The van der Waals surface area contributed by atoms with Crippen molar-refractivity contribution in [3.05, 3.63) is 60.5 Å². The molecule has 2 saturated heterocycles. The molecular formula is C20H18FN3O2S. The highest BCUT2D eigenvalue weighted by Crippen LogP contribution is 2.33. The molecule has 138 valence electrons.